The Balaban J connectivity index is 1.62. The van der Waals surface area contributed by atoms with Crippen LogP contribution in [0.3, 0.4) is 0 Å². The van der Waals surface area contributed by atoms with Crippen LogP contribution in [0.5, 0.6) is 5.75 Å². The lowest BCUT2D eigenvalue weighted by Crippen LogP contribution is -2.21. The van der Waals surface area contributed by atoms with Crippen LogP contribution in [0.25, 0.3) is 21.5 Å². The molecule has 0 bridgehead atoms. The highest BCUT2D eigenvalue weighted by Gasteiger charge is 2.29. The highest BCUT2D eigenvalue weighted by atomic mass is 16.3. The first-order valence-electron chi connectivity index (χ1n) is 10.4. The normalized spacial score (nSPS) is 16.3. The number of aromatic hydroxyl groups is 1. The minimum absolute atomic E-state index is 0.0866. The largest absolute Gasteiger partial charge is 0.507 e. The molecule has 2 nitrogen and oxygen atoms in total. The summed E-state index contributed by atoms with van der Waals surface area (Å²) in [5.74, 6) is 0.561. The summed E-state index contributed by atoms with van der Waals surface area (Å²) in [6.45, 7) is 2.07. The zero-order valence-electron chi connectivity index (χ0n) is 16.6. The maximum atomic E-state index is 12.8. The fourth-order valence-electron chi connectivity index (χ4n) is 4.91. The molecule has 1 unspecified atom stereocenters. The summed E-state index contributed by atoms with van der Waals surface area (Å²) in [6, 6.07) is 22.8. The summed E-state index contributed by atoms with van der Waals surface area (Å²) >= 11 is 0. The highest BCUT2D eigenvalue weighted by molar-refractivity contribution is 6.12. The van der Waals surface area contributed by atoms with Gasteiger partial charge < -0.3 is 5.11 Å². The number of hydrogen-bond acceptors (Lipinski definition) is 2. The number of phenols is 1. The number of Topliss-reactive ketones (excluding diaryl/α,β-unsaturated/α-hetero) is 1. The molecule has 1 N–H and O–H groups in total. The van der Waals surface area contributed by atoms with Gasteiger partial charge in [0, 0.05) is 17.7 Å². The lowest BCUT2D eigenvalue weighted by atomic mass is 9.76. The minimum atomic E-state index is -0.0866. The molecule has 0 heterocycles. The van der Waals surface area contributed by atoms with Crippen molar-refractivity contribution in [3.05, 3.63) is 89.0 Å². The number of carbonyl (C=O) groups excluding carboxylic acids is 1. The van der Waals surface area contributed by atoms with E-state index in [4.69, 9.17) is 0 Å². The molecule has 0 aliphatic heterocycles. The molecule has 1 aliphatic rings. The van der Waals surface area contributed by atoms with Crippen LogP contribution in [0.15, 0.2) is 66.7 Å². The Bertz CT molecular complexity index is 1240. The number of hydrogen-bond donors (Lipinski definition) is 1. The first-order chi connectivity index (χ1) is 14.1. The van der Waals surface area contributed by atoms with Gasteiger partial charge in [-0.1, -0.05) is 66.2 Å². The summed E-state index contributed by atoms with van der Waals surface area (Å²) in [5.41, 5.74) is 4.70. The van der Waals surface area contributed by atoms with Crippen LogP contribution in [0.4, 0.5) is 0 Å². The maximum Gasteiger partial charge on any atom is 0.140 e. The number of fused-ring (bicyclic) bond motifs is 5. The molecule has 1 atom stereocenters. The molecule has 0 saturated carbocycles. The van der Waals surface area contributed by atoms with Crippen molar-refractivity contribution in [2.75, 3.05) is 0 Å². The summed E-state index contributed by atoms with van der Waals surface area (Å²) in [5, 5.41) is 15.1. The Labute approximate surface area is 170 Å². The summed E-state index contributed by atoms with van der Waals surface area (Å²) in [4.78, 5) is 12.8. The van der Waals surface area contributed by atoms with Crippen LogP contribution in [-0.4, -0.2) is 10.9 Å². The van der Waals surface area contributed by atoms with E-state index in [1.54, 1.807) is 0 Å². The van der Waals surface area contributed by atoms with Gasteiger partial charge in [0.15, 0.2) is 0 Å². The number of rotatable bonds is 3. The quantitative estimate of drug-likeness (QED) is 0.427. The van der Waals surface area contributed by atoms with E-state index in [9.17, 15) is 9.90 Å². The van der Waals surface area contributed by atoms with E-state index in [0.717, 1.165) is 45.5 Å². The first-order valence-corrected chi connectivity index (χ1v) is 10.4. The molecular weight excluding hydrogens is 356 g/mol. The number of ketones is 1. The van der Waals surface area contributed by atoms with E-state index < -0.39 is 0 Å². The molecule has 0 saturated heterocycles. The molecule has 0 aromatic heterocycles. The number of phenolic OH excluding ortho intramolecular Hbond substituents is 1. The van der Waals surface area contributed by atoms with Gasteiger partial charge >= 0.3 is 0 Å². The lowest BCUT2D eigenvalue weighted by molar-refractivity contribution is -0.121. The minimum Gasteiger partial charge on any atom is -0.507 e. The maximum absolute atomic E-state index is 12.8. The van der Waals surface area contributed by atoms with Crippen LogP contribution in [0, 0.1) is 6.92 Å². The van der Waals surface area contributed by atoms with Gasteiger partial charge in [0.2, 0.25) is 0 Å². The molecule has 0 amide bonds. The summed E-state index contributed by atoms with van der Waals surface area (Å²) in [6.07, 6.45) is 2.96. The highest BCUT2D eigenvalue weighted by Crippen LogP contribution is 2.42. The zero-order valence-corrected chi connectivity index (χ0v) is 16.6. The second kappa shape index (κ2) is 7.04. The average molecular weight is 380 g/mol. The van der Waals surface area contributed by atoms with E-state index in [0.29, 0.717) is 24.4 Å². The molecule has 4 aromatic rings. The monoisotopic (exact) mass is 380 g/mol. The number of aryl methyl sites for hydroxylation is 3. The van der Waals surface area contributed by atoms with E-state index in [1.807, 2.05) is 24.3 Å². The van der Waals surface area contributed by atoms with Gasteiger partial charge in [-0.05, 0) is 65.1 Å². The smallest absolute Gasteiger partial charge is 0.140 e. The van der Waals surface area contributed by atoms with Crippen molar-refractivity contribution in [2.24, 2.45) is 0 Å². The van der Waals surface area contributed by atoms with Gasteiger partial charge in [0.05, 0.1) is 0 Å². The number of benzene rings is 4. The molecule has 4 aromatic carbocycles. The van der Waals surface area contributed by atoms with Crippen molar-refractivity contribution in [1.82, 2.24) is 0 Å². The summed E-state index contributed by atoms with van der Waals surface area (Å²) < 4.78 is 0. The van der Waals surface area contributed by atoms with E-state index in [2.05, 4.69) is 49.4 Å². The summed E-state index contributed by atoms with van der Waals surface area (Å²) in [7, 11) is 0. The second-order valence-corrected chi connectivity index (χ2v) is 8.22. The third kappa shape index (κ3) is 3.09. The zero-order chi connectivity index (χ0) is 20.0. The first kappa shape index (κ1) is 17.9. The number of carbonyl (C=O) groups is 1. The molecule has 0 spiro atoms. The van der Waals surface area contributed by atoms with Gasteiger partial charge in [0.25, 0.3) is 0 Å². The van der Waals surface area contributed by atoms with Crippen LogP contribution in [0.1, 0.15) is 41.0 Å². The lowest BCUT2D eigenvalue weighted by Gasteiger charge is -2.26. The fraction of sp³-hybridized carbons (Fsp3) is 0.222. The van der Waals surface area contributed by atoms with Crippen LogP contribution >= 0.6 is 0 Å². The Morgan fingerprint density at radius 1 is 0.931 bits per heavy atom. The van der Waals surface area contributed by atoms with Gasteiger partial charge in [0.1, 0.15) is 11.5 Å². The molecule has 5 rings (SSSR count). The molecule has 144 valence electrons. The average Bonchev–Trinajstić information content (AvgIpc) is 2.73. The second-order valence-electron chi connectivity index (χ2n) is 8.22. The van der Waals surface area contributed by atoms with Gasteiger partial charge in [-0.3, -0.25) is 4.79 Å². The topological polar surface area (TPSA) is 37.3 Å². The molecule has 0 radical (unpaired) electrons. The van der Waals surface area contributed by atoms with Crippen molar-refractivity contribution in [3.8, 4) is 5.75 Å². The molecule has 1 aliphatic carbocycles. The van der Waals surface area contributed by atoms with Gasteiger partial charge in [-0.25, -0.2) is 0 Å². The van der Waals surface area contributed by atoms with E-state index >= 15 is 0 Å². The van der Waals surface area contributed by atoms with Crippen molar-refractivity contribution in [2.45, 2.75) is 38.5 Å². The molecule has 0 fully saturated rings. The Hall–Kier alpha value is -3.13. The Morgan fingerprint density at radius 3 is 2.55 bits per heavy atom. The fourth-order valence-corrected chi connectivity index (χ4v) is 4.91. The van der Waals surface area contributed by atoms with Crippen LogP contribution in [0.2, 0.25) is 0 Å². The third-order valence-corrected chi connectivity index (χ3v) is 6.34. The molecular formula is C27H24O2. The van der Waals surface area contributed by atoms with Gasteiger partial charge in [-0.2, -0.15) is 0 Å². The van der Waals surface area contributed by atoms with Crippen molar-refractivity contribution in [3.63, 3.8) is 0 Å². The Morgan fingerprint density at radius 2 is 1.72 bits per heavy atom. The van der Waals surface area contributed by atoms with Gasteiger partial charge in [-0.15, -0.1) is 0 Å². The standard InChI is InChI=1S/C27H24O2/c1-17-7-9-20-19(15-17)16-26(29)27-23(20)12-11-21-22(25(28)14-13-24(21)27)10-8-18-5-3-2-4-6-18/h2-7,9,11-12,15-16,22,29H,8,10,13-14H2,1H3. The third-order valence-electron chi connectivity index (χ3n) is 6.34. The van der Waals surface area contributed by atoms with Crippen LogP contribution in [-0.2, 0) is 17.6 Å². The molecule has 2 heteroatoms. The van der Waals surface area contributed by atoms with E-state index in [-0.39, 0.29) is 5.92 Å². The Kier molecular flexibility index (Phi) is 4.35. The predicted octanol–water partition coefficient (Wildman–Crippen LogP) is 6.24. The SMILES string of the molecule is Cc1ccc2c(c1)cc(O)c1c3c(ccc12)C(CCc1ccccc1)C(=O)CC3. The van der Waals surface area contributed by atoms with Crippen molar-refractivity contribution >= 4 is 27.3 Å². The molecule has 29 heavy (non-hydrogen) atoms. The van der Waals surface area contributed by atoms with Crippen molar-refractivity contribution < 1.29 is 9.90 Å². The van der Waals surface area contributed by atoms with E-state index in [1.165, 1.54) is 11.1 Å². The van der Waals surface area contributed by atoms with Crippen LogP contribution < -0.4 is 0 Å². The predicted molar refractivity (Wildman–Crippen MR) is 119 cm³/mol. The van der Waals surface area contributed by atoms with Crippen molar-refractivity contribution in [1.29, 1.82) is 0 Å².